The predicted octanol–water partition coefficient (Wildman–Crippen LogP) is 0.687. The standard InChI is InChI=1S/C14H22N2O2.C4H6O6/c1-5-16(14(17)18)10-12-7-6-8-13(9-12)11(2)15(3)4;5-1(3(7)8)2(6)4(9)10/h6-9,11H,5,10H2,1-4H3,(H,17,18);1-2,5-6H,(H,7,8)(H,9,10)/t11-;/m0./s1. The average molecular weight is 400 g/mol. The molecule has 1 rings (SSSR count). The molecular weight excluding hydrogens is 372 g/mol. The van der Waals surface area contributed by atoms with E-state index in [2.05, 4.69) is 24.0 Å². The van der Waals surface area contributed by atoms with Gasteiger partial charge in [0.2, 0.25) is 0 Å². The maximum atomic E-state index is 11.0. The molecule has 158 valence electrons. The van der Waals surface area contributed by atoms with E-state index in [1.54, 1.807) is 0 Å². The van der Waals surface area contributed by atoms with Crippen molar-refractivity contribution in [2.45, 2.75) is 38.6 Å². The van der Waals surface area contributed by atoms with E-state index < -0.39 is 30.2 Å². The molecule has 0 radical (unpaired) electrons. The summed E-state index contributed by atoms with van der Waals surface area (Å²) in [6.07, 6.45) is -5.40. The minimum atomic E-state index is -2.27. The van der Waals surface area contributed by atoms with Gasteiger partial charge < -0.3 is 35.3 Å². The Morgan fingerprint density at radius 2 is 1.50 bits per heavy atom. The second-order valence-electron chi connectivity index (χ2n) is 6.25. The number of aliphatic hydroxyl groups is 2. The van der Waals surface area contributed by atoms with Gasteiger partial charge in [0.25, 0.3) is 0 Å². The van der Waals surface area contributed by atoms with Gasteiger partial charge in [-0.1, -0.05) is 24.3 Å². The van der Waals surface area contributed by atoms with Crippen LogP contribution in [0, 0.1) is 0 Å². The topological polar surface area (TPSA) is 159 Å². The molecule has 0 aromatic heterocycles. The highest BCUT2D eigenvalue weighted by Crippen LogP contribution is 2.19. The first-order chi connectivity index (χ1) is 12.9. The van der Waals surface area contributed by atoms with Crippen molar-refractivity contribution in [3.8, 4) is 0 Å². The van der Waals surface area contributed by atoms with Gasteiger partial charge in [0.05, 0.1) is 0 Å². The number of aliphatic hydroxyl groups excluding tert-OH is 2. The van der Waals surface area contributed by atoms with Crippen LogP contribution in [-0.2, 0) is 16.1 Å². The van der Waals surface area contributed by atoms with Crippen molar-refractivity contribution in [1.29, 1.82) is 0 Å². The number of hydrogen-bond acceptors (Lipinski definition) is 6. The molecule has 0 aliphatic carbocycles. The van der Waals surface area contributed by atoms with Crippen molar-refractivity contribution in [2.24, 2.45) is 0 Å². The van der Waals surface area contributed by atoms with E-state index in [0.717, 1.165) is 5.56 Å². The van der Waals surface area contributed by atoms with Crippen LogP contribution in [0.1, 0.15) is 31.0 Å². The fourth-order valence-electron chi connectivity index (χ4n) is 2.05. The fraction of sp³-hybridized carbons (Fsp3) is 0.500. The summed E-state index contributed by atoms with van der Waals surface area (Å²) in [5, 5.41) is 41.5. The predicted molar refractivity (Wildman–Crippen MR) is 99.9 cm³/mol. The van der Waals surface area contributed by atoms with Crippen molar-refractivity contribution in [3.63, 3.8) is 0 Å². The molecule has 10 heteroatoms. The molecule has 10 nitrogen and oxygen atoms in total. The molecule has 1 aromatic rings. The Morgan fingerprint density at radius 3 is 1.86 bits per heavy atom. The van der Waals surface area contributed by atoms with E-state index in [4.69, 9.17) is 25.5 Å². The third-order valence-electron chi connectivity index (χ3n) is 4.04. The molecule has 28 heavy (non-hydrogen) atoms. The van der Waals surface area contributed by atoms with Crippen LogP contribution in [-0.4, -0.2) is 86.2 Å². The normalized spacial score (nSPS) is 13.7. The summed E-state index contributed by atoms with van der Waals surface area (Å²) in [4.78, 5) is 34.1. The third kappa shape index (κ3) is 8.33. The van der Waals surface area contributed by atoms with E-state index in [-0.39, 0.29) is 0 Å². The Labute approximate surface area is 163 Å². The zero-order valence-corrected chi connectivity index (χ0v) is 16.3. The first-order valence-corrected chi connectivity index (χ1v) is 8.47. The molecule has 0 aliphatic heterocycles. The number of hydrogen-bond donors (Lipinski definition) is 5. The monoisotopic (exact) mass is 400 g/mol. The zero-order valence-electron chi connectivity index (χ0n) is 16.3. The molecule has 0 saturated heterocycles. The zero-order chi connectivity index (χ0) is 22.0. The molecule has 0 aliphatic rings. The van der Waals surface area contributed by atoms with Crippen molar-refractivity contribution in [3.05, 3.63) is 35.4 Å². The first-order valence-electron chi connectivity index (χ1n) is 8.47. The molecule has 0 heterocycles. The molecule has 0 spiro atoms. The van der Waals surface area contributed by atoms with Crippen LogP contribution in [0.25, 0.3) is 0 Å². The van der Waals surface area contributed by atoms with Crippen molar-refractivity contribution >= 4 is 18.0 Å². The molecule has 5 N–H and O–H groups in total. The molecule has 2 unspecified atom stereocenters. The number of rotatable bonds is 8. The van der Waals surface area contributed by atoms with E-state index in [9.17, 15) is 14.4 Å². The quantitative estimate of drug-likeness (QED) is 0.423. The highest BCUT2D eigenvalue weighted by Gasteiger charge is 2.29. The van der Waals surface area contributed by atoms with Gasteiger partial charge in [-0.2, -0.15) is 0 Å². The summed E-state index contributed by atoms with van der Waals surface area (Å²) in [6.45, 7) is 4.93. The van der Waals surface area contributed by atoms with Gasteiger partial charge in [-0.3, -0.25) is 0 Å². The molecule has 0 saturated carbocycles. The summed E-state index contributed by atoms with van der Waals surface area (Å²) in [6, 6.07) is 8.43. The molecule has 0 bridgehead atoms. The fourth-order valence-corrected chi connectivity index (χ4v) is 2.05. The van der Waals surface area contributed by atoms with E-state index in [1.807, 2.05) is 33.2 Å². The van der Waals surface area contributed by atoms with Crippen LogP contribution < -0.4 is 0 Å². The lowest BCUT2D eigenvalue weighted by Crippen LogP contribution is -2.39. The number of aliphatic carboxylic acids is 2. The third-order valence-corrected chi connectivity index (χ3v) is 4.04. The summed E-state index contributed by atoms with van der Waals surface area (Å²) in [5.74, 6) is -3.54. The lowest BCUT2D eigenvalue weighted by Gasteiger charge is -2.22. The van der Waals surface area contributed by atoms with Crippen molar-refractivity contribution < 1.29 is 39.9 Å². The Hall–Kier alpha value is -2.69. The Balaban J connectivity index is 0.000000621. The van der Waals surface area contributed by atoms with Crippen LogP contribution in [0.2, 0.25) is 0 Å². The number of benzene rings is 1. The lowest BCUT2D eigenvalue weighted by molar-refractivity contribution is -0.165. The highest BCUT2D eigenvalue weighted by atomic mass is 16.4. The van der Waals surface area contributed by atoms with E-state index >= 15 is 0 Å². The maximum absolute atomic E-state index is 11.0. The summed E-state index contributed by atoms with van der Waals surface area (Å²) < 4.78 is 0. The van der Waals surface area contributed by atoms with Gasteiger partial charge in [0, 0.05) is 19.1 Å². The number of carbonyl (C=O) groups is 3. The molecule has 0 fully saturated rings. The van der Waals surface area contributed by atoms with Crippen molar-refractivity contribution in [2.75, 3.05) is 20.6 Å². The Kier molecular flexibility index (Phi) is 10.8. The van der Waals surface area contributed by atoms with Gasteiger partial charge in [0.1, 0.15) is 0 Å². The van der Waals surface area contributed by atoms with E-state index in [0.29, 0.717) is 19.1 Å². The van der Waals surface area contributed by atoms with Gasteiger partial charge >= 0.3 is 18.0 Å². The number of nitrogens with zero attached hydrogens (tertiary/aromatic N) is 2. The molecule has 1 amide bonds. The molecule has 3 atom stereocenters. The van der Waals surface area contributed by atoms with Crippen LogP contribution in [0.4, 0.5) is 4.79 Å². The van der Waals surface area contributed by atoms with Crippen molar-refractivity contribution in [1.82, 2.24) is 9.80 Å². The summed E-state index contributed by atoms with van der Waals surface area (Å²) in [5.41, 5.74) is 2.24. The minimum Gasteiger partial charge on any atom is -0.479 e. The number of amides is 1. The maximum Gasteiger partial charge on any atom is 0.407 e. The Morgan fingerprint density at radius 1 is 1.00 bits per heavy atom. The van der Waals surface area contributed by atoms with E-state index in [1.165, 1.54) is 10.5 Å². The SMILES string of the molecule is CCN(Cc1cccc([C@H](C)N(C)C)c1)C(=O)O.O=C(O)C(O)C(O)C(=O)O. The van der Waals surface area contributed by atoms with Gasteiger partial charge in [-0.05, 0) is 39.1 Å². The second kappa shape index (κ2) is 11.9. The largest absolute Gasteiger partial charge is 0.479 e. The smallest absolute Gasteiger partial charge is 0.407 e. The molecule has 1 aromatic carbocycles. The summed E-state index contributed by atoms with van der Waals surface area (Å²) in [7, 11) is 4.07. The lowest BCUT2D eigenvalue weighted by atomic mass is 10.0. The number of carboxylic acids is 2. The minimum absolute atomic E-state index is 0.324. The van der Waals surface area contributed by atoms with Gasteiger partial charge in [0.15, 0.2) is 12.2 Å². The summed E-state index contributed by atoms with van der Waals surface area (Å²) >= 11 is 0. The van der Waals surface area contributed by atoms with Crippen LogP contribution in [0.15, 0.2) is 24.3 Å². The average Bonchev–Trinajstić information content (AvgIpc) is 2.64. The highest BCUT2D eigenvalue weighted by molar-refractivity contribution is 5.83. The van der Waals surface area contributed by atoms with Gasteiger partial charge in [-0.25, -0.2) is 14.4 Å². The number of carboxylic acid groups (broad SMARTS) is 3. The van der Waals surface area contributed by atoms with Crippen LogP contribution in [0.5, 0.6) is 0 Å². The Bertz CT molecular complexity index is 647. The first kappa shape index (κ1) is 25.3. The van der Waals surface area contributed by atoms with Crippen LogP contribution in [0.3, 0.4) is 0 Å². The van der Waals surface area contributed by atoms with Crippen LogP contribution >= 0.6 is 0 Å². The molecular formula is C18H28N2O8. The second-order valence-corrected chi connectivity index (χ2v) is 6.25. The van der Waals surface area contributed by atoms with Gasteiger partial charge in [-0.15, -0.1) is 0 Å².